The average molecular weight is 767 g/mol. The largest absolute Gasteiger partial charge is 0.445 e. The molecule has 0 bridgehead atoms. The number of Topliss-reactive ketones (excluding diaryl/α,β-unsaturated/α-hetero) is 3. The van der Waals surface area contributed by atoms with Gasteiger partial charge in [-0.2, -0.15) is 0 Å². The van der Waals surface area contributed by atoms with Gasteiger partial charge in [-0.25, -0.2) is 9.59 Å². The zero-order valence-corrected chi connectivity index (χ0v) is 31.1. The number of hydrogen-bond acceptors (Lipinski definition) is 13. The van der Waals surface area contributed by atoms with Crippen LogP contribution >= 0.6 is 0 Å². The molecule has 1 aliphatic carbocycles. The number of nitro groups is 1. The molecule has 2 aliphatic rings. The van der Waals surface area contributed by atoms with Gasteiger partial charge < -0.3 is 35.5 Å². The fourth-order valence-electron chi connectivity index (χ4n) is 6.70. The first-order valence-electron chi connectivity index (χ1n) is 17.8. The number of likely N-dealkylation sites (tertiary alicyclic amines) is 1. The van der Waals surface area contributed by atoms with Gasteiger partial charge in [0.25, 0.3) is 5.69 Å². The van der Waals surface area contributed by atoms with Gasteiger partial charge in [0.1, 0.15) is 24.5 Å². The number of ether oxygens (including phenoxy) is 3. The Morgan fingerprint density at radius 2 is 1.73 bits per heavy atom. The van der Waals surface area contributed by atoms with Crippen molar-refractivity contribution < 1.29 is 52.7 Å². The number of nitrogens with zero attached hydrogens (tertiary/aromatic N) is 3. The van der Waals surface area contributed by atoms with E-state index < -0.39 is 88.5 Å². The Labute approximate surface area is 317 Å². The highest BCUT2D eigenvalue weighted by Crippen LogP contribution is 2.38. The van der Waals surface area contributed by atoms with Crippen molar-refractivity contribution in [2.24, 2.45) is 5.73 Å². The van der Waals surface area contributed by atoms with E-state index in [1.807, 2.05) is 6.07 Å². The van der Waals surface area contributed by atoms with Crippen LogP contribution < -0.4 is 21.1 Å². The molecule has 1 saturated carbocycles. The lowest BCUT2D eigenvalue weighted by molar-refractivity contribution is -0.384. The highest BCUT2D eigenvalue weighted by molar-refractivity contribution is 6.36. The second-order valence-electron chi connectivity index (χ2n) is 13.5. The van der Waals surface area contributed by atoms with Gasteiger partial charge in [-0.05, 0) is 64.2 Å². The van der Waals surface area contributed by atoms with Crippen LogP contribution in [-0.4, -0.2) is 112 Å². The number of nitrogens with two attached hydrogens (primary N) is 1. The molecule has 55 heavy (non-hydrogen) atoms. The SMILES string of the molecule is COC1CC(=O)C(C(=O)[C@H]2CCCN2C(=O)[C@H](CCCNC(=O)OCc2ccccc2)NC(=O)[C@H](C)N)(N(C(=O)Oc2ccc([N+](=O)[O-])cc2)C(C)C)C1=O. The molecule has 2 aromatic carbocycles. The topological polar surface area (TPSA) is 247 Å². The van der Waals surface area contributed by atoms with Gasteiger partial charge in [-0.15, -0.1) is 0 Å². The van der Waals surface area contributed by atoms with Gasteiger partial charge in [-0.3, -0.25) is 39.0 Å². The smallest absolute Gasteiger partial charge is 0.417 e. The zero-order valence-electron chi connectivity index (χ0n) is 31.1. The Hall–Kier alpha value is -5.75. The summed E-state index contributed by atoms with van der Waals surface area (Å²) in [6, 6.07) is 8.92. The Morgan fingerprint density at radius 1 is 1.05 bits per heavy atom. The minimum atomic E-state index is -2.76. The molecule has 0 spiro atoms. The molecule has 1 heterocycles. The van der Waals surface area contributed by atoms with Crippen LogP contribution in [0.25, 0.3) is 0 Å². The molecular formula is C37H46N6O12. The van der Waals surface area contributed by atoms with E-state index >= 15 is 0 Å². The monoisotopic (exact) mass is 766 g/mol. The van der Waals surface area contributed by atoms with E-state index in [0.717, 1.165) is 34.7 Å². The van der Waals surface area contributed by atoms with Crippen molar-refractivity contribution in [2.45, 2.75) is 95.3 Å². The van der Waals surface area contributed by atoms with E-state index in [-0.39, 0.29) is 56.8 Å². The molecule has 296 valence electrons. The molecule has 1 saturated heterocycles. The second-order valence-corrected chi connectivity index (χ2v) is 13.5. The fourth-order valence-corrected chi connectivity index (χ4v) is 6.70. The van der Waals surface area contributed by atoms with Crippen molar-refractivity contribution in [1.82, 2.24) is 20.4 Å². The van der Waals surface area contributed by atoms with Crippen molar-refractivity contribution >= 4 is 47.0 Å². The molecule has 2 fully saturated rings. The van der Waals surface area contributed by atoms with Gasteiger partial charge in [0.05, 0.1) is 17.0 Å². The van der Waals surface area contributed by atoms with Crippen molar-refractivity contribution in [1.29, 1.82) is 0 Å². The molecule has 4 rings (SSSR count). The second kappa shape index (κ2) is 18.5. The number of benzene rings is 2. The predicted octanol–water partition coefficient (Wildman–Crippen LogP) is 2.20. The van der Waals surface area contributed by atoms with Gasteiger partial charge in [0.2, 0.25) is 23.1 Å². The van der Waals surface area contributed by atoms with E-state index in [4.69, 9.17) is 19.9 Å². The van der Waals surface area contributed by atoms with Crippen LogP contribution in [0.4, 0.5) is 15.3 Å². The van der Waals surface area contributed by atoms with E-state index in [1.54, 1.807) is 24.3 Å². The maximum Gasteiger partial charge on any atom is 0.417 e. The summed E-state index contributed by atoms with van der Waals surface area (Å²) in [5, 5.41) is 16.3. The quantitative estimate of drug-likeness (QED) is 0.0961. The molecule has 5 atom stereocenters. The third kappa shape index (κ3) is 9.50. The summed E-state index contributed by atoms with van der Waals surface area (Å²) >= 11 is 0. The zero-order chi connectivity index (χ0) is 40.4. The van der Waals surface area contributed by atoms with Crippen LogP contribution in [0, 0.1) is 10.1 Å². The lowest BCUT2D eigenvalue weighted by Crippen LogP contribution is -2.70. The van der Waals surface area contributed by atoms with Crippen LogP contribution in [0.5, 0.6) is 5.75 Å². The minimum absolute atomic E-state index is 0.00209. The summed E-state index contributed by atoms with van der Waals surface area (Å²) in [5.74, 6) is -4.49. The summed E-state index contributed by atoms with van der Waals surface area (Å²) < 4.78 is 16.0. The van der Waals surface area contributed by atoms with E-state index in [2.05, 4.69) is 10.6 Å². The molecule has 1 aliphatic heterocycles. The molecule has 4 amide bonds. The Balaban J connectivity index is 1.58. The molecule has 4 N–H and O–H groups in total. The van der Waals surface area contributed by atoms with Gasteiger partial charge in [-0.1, -0.05) is 30.3 Å². The number of methoxy groups -OCH3 is 1. The maximum atomic E-state index is 14.9. The Kier molecular flexibility index (Phi) is 14.1. The first kappa shape index (κ1) is 42.0. The number of nitro benzene ring substituents is 1. The number of ketones is 3. The van der Waals surface area contributed by atoms with Crippen LogP contribution in [0.15, 0.2) is 54.6 Å². The first-order valence-corrected chi connectivity index (χ1v) is 17.8. The Bertz CT molecular complexity index is 1770. The van der Waals surface area contributed by atoms with Gasteiger partial charge in [0, 0.05) is 44.8 Å². The van der Waals surface area contributed by atoms with Crippen molar-refractivity contribution in [2.75, 3.05) is 20.2 Å². The molecule has 2 aromatic rings. The van der Waals surface area contributed by atoms with Crippen molar-refractivity contribution in [3.8, 4) is 5.75 Å². The third-order valence-electron chi connectivity index (χ3n) is 9.41. The number of hydrogen-bond donors (Lipinski definition) is 3. The number of carbonyl (C=O) groups excluding carboxylic acids is 7. The lowest BCUT2D eigenvalue weighted by atomic mass is 9.82. The summed E-state index contributed by atoms with van der Waals surface area (Å²) in [6.45, 7) is 4.49. The highest BCUT2D eigenvalue weighted by atomic mass is 16.6. The molecule has 2 unspecified atom stereocenters. The number of amides is 4. The van der Waals surface area contributed by atoms with Gasteiger partial charge in [0.15, 0.2) is 11.6 Å². The maximum absolute atomic E-state index is 14.9. The molecule has 0 aromatic heterocycles. The van der Waals surface area contributed by atoms with E-state index in [1.165, 1.54) is 32.8 Å². The number of non-ortho nitro benzene ring substituents is 1. The number of rotatable bonds is 16. The van der Waals surface area contributed by atoms with Crippen molar-refractivity contribution in [3.63, 3.8) is 0 Å². The van der Waals surface area contributed by atoms with Crippen LogP contribution in [0.2, 0.25) is 0 Å². The van der Waals surface area contributed by atoms with Crippen LogP contribution in [0.3, 0.4) is 0 Å². The first-order chi connectivity index (χ1) is 26.1. The van der Waals surface area contributed by atoms with Crippen LogP contribution in [0.1, 0.15) is 58.4 Å². The molecule has 0 radical (unpaired) electrons. The summed E-state index contributed by atoms with van der Waals surface area (Å²) in [7, 11) is 1.18. The Morgan fingerprint density at radius 3 is 2.31 bits per heavy atom. The summed E-state index contributed by atoms with van der Waals surface area (Å²) in [6.07, 6.45) is -3.38. The van der Waals surface area contributed by atoms with E-state index in [0.29, 0.717) is 0 Å². The number of nitrogens with one attached hydrogen (secondary N) is 2. The number of alkyl carbamates (subject to hydrolysis) is 1. The summed E-state index contributed by atoms with van der Waals surface area (Å²) in [5.41, 5.74) is 3.53. The fraction of sp³-hybridized carbons (Fsp3) is 0.486. The van der Waals surface area contributed by atoms with Gasteiger partial charge >= 0.3 is 12.2 Å². The minimum Gasteiger partial charge on any atom is -0.445 e. The van der Waals surface area contributed by atoms with E-state index in [9.17, 15) is 43.7 Å². The average Bonchev–Trinajstić information content (AvgIpc) is 3.74. The van der Waals surface area contributed by atoms with Crippen molar-refractivity contribution in [3.05, 3.63) is 70.3 Å². The summed E-state index contributed by atoms with van der Waals surface area (Å²) in [4.78, 5) is 109. The standard InChI is InChI=1S/C37H46N6O12/c1-22(2)42(36(50)55-26-16-14-25(15-17-26)43(51)52)37(30(44)20-29(53-4)32(37)46)31(45)28-13-9-19-41(28)34(48)27(40-33(47)23(3)38)12-8-18-39-35(49)54-21-24-10-6-5-7-11-24/h5-7,10-11,14-17,22-23,27-29H,8-9,12-13,18-21,38H2,1-4H3,(H,39,49)(H,40,47)/t23-,27-,28+,29?,37?/m0/s1. The molecule has 18 nitrogen and oxygen atoms in total. The normalized spacial score (nSPS) is 20.4. The predicted molar refractivity (Wildman–Crippen MR) is 193 cm³/mol. The lowest BCUT2D eigenvalue weighted by Gasteiger charge is -2.41. The van der Waals surface area contributed by atoms with Crippen LogP contribution in [-0.2, 0) is 40.1 Å². The number of carbonyl (C=O) groups is 7. The molecular weight excluding hydrogens is 720 g/mol. The highest BCUT2D eigenvalue weighted by Gasteiger charge is 2.67. The third-order valence-corrected chi connectivity index (χ3v) is 9.41. The molecule has 18 heteroatoms.